The van der Waals surface area contributed by atoms with Gasteiger partial charge < -0.3 is 5.73 Å². The fourth-order valence-electron chi connectivity index (χ4n) is 1.73. The van der Waals surface area contributed by atoms with E-state index in [-0.39, 0.29) is 11.9 Å². The first-order chi connectivity index (χ1) is 8.75. The lowest BCUT2D eigenvalue weighted by Crippen LogP contribution is -2.26. The maximum Gasteiger partial charge on any atom is 0.126 e. The minimum atomic E-state index is -0.169. The molecule has 0 fully saturated rings. The maximum absolute atomic E-state index is 13.5. The van der Waals surface area contributed by atoms with E-state index in [1.165, 1.54) is 11.0 Å². The van der Waals surface area contributed by atoms with Crippen molar-refractivity contribution in [3.63, 3.8) is 0 Å². The van der Waals surface area contributed by atoms with Gasteiger partial charge in [-0.3, -0.25) is 0 Å². The van der Waals surface area contributed by atoms with Gasteiger partial charge in [0.2, 0.25) is 0 Å². The standard InChI is InChI=1S/C15H16FNS/c16-15-9-5-4-6-12(15)10-13(17)11-18-14-7-2-1-3-8-14/h1-9,13H,10-11,17H2. The Hall–Kier alpha value is -1.32. The van der Waals surface area contributed by atoms with Crippen molar-refractivity contribution in [3.8, 4) is 0 Å². The van der Waals surface area contributed by atoms with Gasteiger partial charge in [-0.25, -0.2) is 4.39 Å². The average molecular weight is 261 g/mol. The van der Waals surface area contributed by atoms with Crippen LogP contribution in [-0.4, -0.2) is 11.8 Å². The van der Waals surface area contributed by atoms with Gasteiger partial charge >= 0.3 is 0 Å². The number of hydrogen-bond acceptors (Lipinski definition) is 2. The highest BCUT2D eigenvalue weighted by Gasteiger charge is 2.08. The lowest BCUT2D eigenvalue weighted by Gasteiger charge is -2.11. The minimum Gasteiger partial charge on any atom is -0.327 e. The molecule has 0 aromatic heterocycles. The van der Waals surface area contributed by atoms with E-state index < -0.39 is 0 Å². The van der Waals surface area contributed by atoms with Crippen LogP contribution in [-0.2, 0) is 6.42 Å². The monoisotopic (exact) mass is 261 g/mol. The molecular weight excluding hydrogens is 245 g/mol. The van der Waals surface area contributed by atoms with E-state index in [0.717, 1.165) is 5.75 Å². The molecule has 1 unspecified atom stereocenters. The van der Waals surface area contributed by atoms with Crippen molar-refractivity contribution < 1.29 is 4.39 Å². The lowest BCUT2D eigenvalue weighted by atomic mass is 10.1. The van der Waals surface area contributed by atoms with E-state index in [1.807, 2.05) is 24.3 Å². The zero-order valence-electron chi connectivity index (χ0n) is 10.1. The molecule has 0 radical (unpaired) electrons. The number of rotatable bonds is 5. The Morgan fingerprint density at radius 1 is 1.00 bits per heavy atom. The number of nitrogens with two attached hydrogens (primary N) is 1. The Kier molecular flexibility index (Phi) is 4.79. The van der Waals surface area contributed by atoms with Crippen molar-refractivity contribution in [2.75, 3.05) is 5.75 Å². The smallest absolute Gasteiger partial charge is 0.126 e. The fourth-order valence-corrected chi connectivity index (χ4v) is 2.60. The van der Waals surface area contributed by atoms with Crippen LogP contribution in [0.4, 0.5) is 4.39 Å². The lowest BCUT2D eigenvalue weighted by molar-refractivity contribution is 0.597. The zero-order chi connectivity index (χ0) is 12.8. The van der Waals surface area contributed by atoms with Crippen molar-refractivity contribution in [3.05, 3.63) is 66.0 Å². The molecule has 0 spiro atoms. The third-order valence-electron chi connectivity index (χ3n) is 2.65. The van der Waals surface area contributed by atoms with Crippen LogP contribution in [0.2, 0.25) is 0 Å². The molecular formula is C15H16FNS. The van der Waals surface area contributed by atoms with Crippen molar-refractivity contribution in [2.45, 2.75) is 17.4 Å². The molecule has 0 heterocycles. The Morgan fingerprint density at radius 3 is 2.39 bits per heavy atom. The van der Waals surface area contributed by atoms with E-state index >= 15 is 0 Å². The van der Waals surface area contributed by atoms with E-state index in [0.29, 0.717) is 12.0 Å². The summed E-state index contributed by atoms with van der Waals surface area (Å²) < 4.78 is 13.5. The van der Waals surface area contributed by atoms with Crippen LogP contribution in [0.25, 0.3) is 0 Å². The van der Waals surface area contributed by atoms with Crippen LogP contribution in [0.5, 0.6) is 0 Å². The highest BCUT2D eigenvalue weighted by molar-refractivity contribution is 7.99. The summed E-state index contributed by atoms with van der Waals surface area (Å²) in [5, 5.41) is 0. The van der Waals surface area contributed by atoms with Crippen LogP contribution in [0.15, 0.2) is 59.5 Å². The highest BCUT2D eigenvalue weighted by atomic mass is 32.2. The Labute approximate surface area is 111 Å². The molecule has 0 aliphatic rings. The van der Waals surface area contributed by atoms with E-state index in [4.69, 9.17) is 5.73 Å². The second-order valence-corrected chi connectivity index (χ2v) is 5.27. The molecule has 2 aromatic carbocycles. The van der Waals surface area contributed by atoms with Gasteiger partial charge in [-0.1, -0.05) is 36.4 Å². The van der Waals surface area contributed by atoms with Crippen LogP contribution >= 0.6 is 11.8 Å². The molecule has 0 amide bonds. The van der Waals surface area contributed by atoms with Crippen molar-refractivity contribution in [1.29, 1.82) is 0 Å². The number of thioether (sulfide) groups is 1. The molecule has 3 heteroatoms. The summed E-state index contributed by atoms with van der Waals surface area (Å²) in [5.74, 6) is 0.621. The summed E-state index contributed by atoms with van der Waals surface area (Å²) in [6.07, 6.45) is 0.576. The largest absolute Gasteiger partial charge is 0.327 e. The Balaban J connectivity index is 1.86. The molecule has 0 saturated heterocycles. The van der Waals surface area contributed by atoms with Crippen LogP contribution < -0.4 is 5.73 Å². The molecule has 1 atom stereocenters. The quantitative estimate of drug-likeness (QED) is 0.834. The predicted octanol–water partition coefficient (Wildman–Crippen LogP) is 3.49. The van der Waals surface area contributed by atoms with Gasteiger partial charge in [0.1, 0.15) is 5.82 Å². The molecule has 0 saturated carbocycles. The molecule has 2 N–H and O–H groups in total. The van der Waals surface area contributed by atoms with E-state index in [9.17, 15) is 4.39 Å². The van der Waals surface area contributed by atoms with E-state index in [2.05, 4.69) is 12.1 Å². The first kappa shape index (κ1) is 13.1. The van der Waals surface area contributed by atoms with Gasteiger partial charge in [-0.05, 0) is 30.2 Å². The summed E-state index contributed by atoms with van der Waals surface area (Å²) >= 11 is 1.71. The molecule has 1 nitrogen and oxygen atoms in total. The maximum atomic E-state index is 13.5. The topological polar surface area (TPSA) is 26.0 Å². The van der Waals surface area contributed by atoms with Crippen LogP contribution in [0, 0.1) is 5.82 Å². The summed E-state index contributed by atoms with van der Waals surface area (Å²) in [5.41, 5.74) is 6.73. The first-order valence-electron chi connectivity index (χ1n) is 5.92. The first-order valence-corrected chi connectivity index (χ1v) is 6.91. The van der Waals surface area contributed by atoms with Gasteiger partial charge in [-0.2, -0.15) is 0 Å². The summed E-state index contributed by atoms with van der Waals surface area (Å²) in [6, 6.07) is 16.9. The Bertz CT molecular complexity index is 487. The SMILES string of the molecule is NC(CSc1ccccc1)Cc1ccccc1F. The number of hydrogen-bond donors (Lipinski definition) is 1. The molecule has 0 aliphatic carbocycles. The van der Waals surface area contributed by atoms with Crippen LogP contribution in [0.3, 0.4) is 0 Å². The van der Waals surface area contributed by atoms with E-state index in [1.54, 1.807) is 23.9 Å². The zero-order valence-corrected chi connectivity index (χ0v) is 10.9. The third kappa shape index (κ3) is 3.86. The molecule has 94 valence electrons. The summed E-state index contributed by atoms with van der Waals surface area (Å²) in [6.45, 7) is 0. The molecule has 0 aliphatic heterocycles. The molecule has 2 rings (SSSR count). The van der Waals surface area contributed by atoms with Gasteiger partial charge in [0.05, 0.1) is 0 Å². The average Bonchev–Trinajstić information content (AvgIpc) is 2.40. The summed E-state index contributed by atoms with van der Waals surface area (Å²) in [4.78, 5) is 1.20. The second kappa shape index (κ2) is 6.57. The minimum absolute atomic E-state index is 0.0351. The highest BCUT2D eigenvalue weighted by Crippen LogP contribution is 2.19. The molecule has 2 aromatic rings. The number of halogens is 1. The summed E-state index contributed by atoms with van der Waals surface area (Å²) in [7, 11) is 0. The van der Waals surface area contributed by atoms with Gasteiger partial charge in [0, 0.05) is 16.7 Å². The number of benzene rings is 2. The fraction of sp³-hybridized carbons (Fsp3) is 0.200. The van der Waals surface area contributed by atoms with Crippen molar-refractivity contribution >= 4 is 11.8 Å². The molecule has 18 heavy (non-hydrogen) atoms. The Morgan fingerprint density at radius 2 is 1.67 bits per heavy atom. The van der Waals surface area contributed by atoms with Crippen molar-refractivity contribution in [1.82, 2.24) is 0 Å². The van der Waals surface area contributed by atoms with Crippen molar-refractivity contribution in [2.24, 2.45) is 5.73 Å². The van der Waals surface area contributed by atoms with Gasteiger partial charge in [0.25, 0.3) is 0 Å². The second-order valence-electron chi connectivity index (χ2n) is 4.18. The van der Waals surface area contributed by atoms with Crippen LogP contribution in [0.1, 0.15) is 5.56 Å². The third-order valence-corrected chi connectivity index (χ3v) is 3.85. The van der Waals surface area contributed by atoms with Gasteiger partial charge in [0.15, 0.2) is 0 Å². The normalized spacial score (nSPS) is 12.3. The van der Waals surface area contributed by atoms with Gasteiger partial charge in [-0.15, -0.1) is 11.8 Å². The molecule has 0 bridgehead atoms. The predicted molar refractivity (Wildman–Crippen MR) is 75.2 cm³/mol.